The van der Waals surface area contributed by atoms with Gasteiger partial charge in [-0.05, 0) is 47.0 Å². The quantitative estimate of drug-likeness (QED) is 0.824. The Bertz CT molecular complexity index is 685. The average molecular weight is 348 g/mol. The fourth-order valence-corrected chi connectivity index (χ4v) is 3.12. The maximum absolute atomic E-state index is 12.7. The lowest BCUT2D eigenvalue weighted by Gasteiger charge is -2.26. The molecule has 0 N–H and O–H groups in total. The van der Waals surface area contributed by atoms with Crippen LogP contribution < -0.4 is 0 Å². The molecule has 2 amide bonds. The molecule has 0 radical (unpaired) electrons. The van der Waals surface area contributed by atoms with Crippen LogP contribution in [0.5, 0.6) is 0 Å². The van der Waals surface area contributed by atoms with Crippen LogP contribution in [0.4, 0.5) is 4.79 Å². The number of aryl methyl sites for hydroxylation is 1. The van der Waals surface area contributed by atoms with Gasteiger partial charge in [-0.25, -0.2) is 4.79 Å². The van der Waals surface area contributed by atoms with E-state index in [2.05, 4.69) is 5.10 Å². The number of carbonyl (C=O) groups excluding carboxylic acids is 2. The van der Waals surface area contributed by atoms with Gasteiger partial charge in [-0.15, -0.1) is 0 Å². The van der Waals surface area contributed by atoms with Gasteiger partial charge in [0.25, 0.3) is 5.91 Å². The van der Waals surface area contributed by atoms with Crippen molar-refractivity contribution in [2.45, 2.75) is 71.7 Å². The molecule has 0 unspecified atom stereocenters. The lowest BCUT2D eigenvalue weighted by atomic mass is 10.1. The minimum Gasteiger partial charge on any atom is -0.444 e. The summed E-state index contributed by atoms with van der Waals surface area (Å²) in [4.78, 5) is 28.6. The average Bonchev–Trinajstić information content (AvgIpc) is 3.32. The molecular formula is C18H28N4O3. The van der Waals surface area contributed by atoms with E-state index in [0.29, 0.717) is 31.4 Å². The third kappa shape index (κ3) is 3.80. The predicted octanol–water partition coefficient (Wildman–Crippen LogP) is 2.57. The van der Waals surface area contributed by atoms with E-state index in [9.17, 15) is 9.59 Å². The van der Waals surface area contributed by atoms with Gasteiger partial charge in [-0.3, -0.25) is 9.48 Å². The summed E-state index contributed by atoms with van der Waals surface area (Å²) >= 11 is 0. The smallest absolute Gasteiger partial charge is 0.410 e. The third-order valence-electron chi connectivity index (χ3n) is 4.73. The first kappa shape index (κ1) is 17.8. The van der Waals surface area contributed by atoms with Crippen LogP contribution in [0.1, 0.15) is 61.8 Å². The Labute approximate surface area is 148 Å². The number of ether oxygens (including phenoxy) is 1. The molecule has 0 bridgehead atoms. The second-order valence-corrected chi connectivity index (χ2v) is 8.05. The second-order valence-electron chi connectivity index (χ2n) is 8.05. The molecule has 2 aliphatic rings. The summed E-state index contributed by atoms with van der Waals surface area (Å²) in [5.74, 6) is -0.0237. The molecule has 1 fully saturated rings. The normalized spacial score (nSPS) is 17.7. The van der Waals surface area contributed by atoms with Crippen LogP contribution in [0, 0.1) is 6.92 Å². The van der Waals surface area contributed by atoms with Crippen molar-refractivity contribution in [1.29, 1.82) is 0 Å². The summed E-state index contributed by atoms with van der Waals surface area (Å²) in [6.07, 6.45) is 2.62. The van der Waals surface area contributed by atoms with Crippen LogP contribution in [-0.4, -0.2) is 56.8 Å². The molecule has 1 aromatic rings. The number of aromatic nitrogens is 2. The van der Waals surface area contributed by atoms with Gasteiger partial charge in [0.1, 0.15) is 5.60 Å². The zero-order chi connectivity index (χ0) is 18.4. The molecule has 1 aromatic heterocycles. The monoisotopic (exact) mass is 348 g/mol. The summed E-state index contributed by atoms with van der Waals surface area (Å²) in [7, 11) is 1.84. The molecule has 2 heterocycles. The highest BCUT2D eigenvalue weighted by Gasteiger charge is 2.34. The Morgan fingerprint density at radius 1 is 1.24 bits per heavy atom. The highest BCUT2D eigenvalue weighted by atomic mass is 16.6. The number of carbonyl (C=O) groups is 2. The number of rotatable bonds is 2. The van der Waals surface area contributed by atoms with E-state index in [1.807, 2.05) is 39.4 Å². The lowest BCUT2D eigenvalue weighted by molar-refractivity contribution is 0.0236. The van der Waals surface area contributed by atoms with Crippen molar-refractivity contribution in [1.82, 2.24) is 19.6 Å². The highest BCUT2D eigenvalue weighted by molar-refractivity contribution is 5.94. The first-order valence-electron chi connectivity index (χ1n) is 8.99. The van der Waals surface area contributed by atoms with Crippen LogP contribution in [0.15, 0.2) is 0 Å². The van der Waals surface area contributed by atoms with Gasteiger partial charge in [0.15, 0.2) is 5.69 Å². The topological polar surface area (TPSA) is 67.7 Å². The maximum Gasteiger partial charge on any atom is 0.410 e. The highest BCUT2D eigenvalue weighted by Crippen LogP contribution is 2.28. The molecule has 25 heavy (non-hydrogen) atoms. The van der Waals surface area contributed by atoms with E-state index in [0.717, 1.165) is 30.5 Å². The first-order chi connectivity index (χ1) is 11.7. The molecule has 0 aromatic carbocycles. The van der Waals surface area contributed by atoms with Gasteiger partial charge in [0, 0.05) is 31.7 Å². The fraction of sp³-hybridized carbons (Fsp3) is 0.722. The molecule has 0 saturated heterocycles. The minimum absolute atomic E-state index is 0.0237. The van der Waals surface area contributed by atoms with Crippen LogP contribution in [0.3, 0.4) is 0 Å². The van der Waals surface area contributed by atoms with Crippen LogP contribution in [-0.2, 0) is 17.8 Å². The molecule has 7 heteroatoms. The summed E-state index contributed by atoms with van der Waals surface area (Å²) in [6.45, 7) is 9.27. The zero-order valence-corrected chi connectivity index (χ0v) is 15.8. The molecule has 1 aliphatic carbocycles. The summed E-state index contributed by atoms with van der Waals surface area (Å²) in [6, 6.07) is 0.353. The van der Waals surface area contributed by atoms with Gasteiger partial charge in [0.05, 0.1) is 12.2 Å². The number of hydrogen-bond acceptors (Lipinski definition) is 4. The van der Waals surface area contributed by atoms with Crippen LogP contribution >= 0.6 is 0 Å². The van der Waals surface area contributed by atoms with Crippen molar-refractivity contribution in [3.63, 3.8) is 0 Å². The molecule has 1 aliphatic heterocycles. The van der Waals surface area contributed by atoms with Crippen molar-refractivity contribution >= 4 is 12.0 Å². The third-order valence-corrected chi connectivity index (χ3v) is 4.73. The Morgan fingerprint density at radius 2 is 1.92 bits per heavy atom. The van der Waals surface area contributed by atoms with E-state index in [1.54, 1.807) is 9.80 Å². The molecule has 0 spiro atoms. The SMILES string of the molecule is Cc1c(C(=O)N(C)C2CC2)nn2c1CN(C(=O)OC(C)(C)C)CCC2. The van der Waals surface area contributed by atoms with E-state index in [1.165, 1.54) is 0 Å². The van der Waals surface area contributed by atoms with Gasteiger partial charge in [0.2, 0.25) is 0 Å². The number of amides is 2. The largest absolute Gasteiger partial charge is 0.444 e. The lowest BCUT2D eigenvalue weighted by Crippen LogP contribution is -2.36. The van der Waals surface area contributed by atoms with Gasteiger partial charge >= 0.3 is 6.09 Å². The fourth-order valence-electron chi connectivity index (χ4n) is 3.12. The Balaban J connectivity index is 1.81. The van der Waals surface area contributed by atoms with Gasteiger partial charge in [-0.1, -0.05) is 0 Å². The van der Waals surface area contributed by atoms with Crippen molar-refractivity contribution in [2.24, 2.45) is 0 Å². The summed E-state index contributed by atoms with van der Waals surface area (Å²) in [5.41, 5.74) is 1.78. The van der Waals surface area contributed by atoms with E-state index in [4.69, 9.17) is 4.74 Å². The number of fused-ring (bicyclic) bond motifs is 1. The zero-order valence-electron chi connectivity index (χ0n) is 15.8. The predicted molar refractivity (Wildman–Crippen MR) is 93.3 cm³/mol. The molecule has 7 nitrogen and oxygen atoms in total. The van der Waals surface area contributed by atoms with Crippen molar-refractivity contribution in [2.75, 3.05) is 13.6 Å². The Hall–Kier alpha value is -2.05. The summed E-state index contributed by atoms with van der Waals surface area (Å²) in [5, 5.41) is 4.56. The first-order valence-corrected chi connectivity index (χ1v) is 8.99. The van der Waals surface area contributed by atoms with Gasteiger partial charge in [-0.2, -0.15) is 5.10 Å². The maximum atomic E-state index is 12.7. The molecular weight excluding hydrogens is 320 g/mol. The molecule has 0 atom stereocenters. The van der Waals surface area contributed by atoms with Crippen LogP contribution in [0.2, 0.25) is 0 Å². The number of nitrogens with zero attached hydrogens (tertiary/aromatic N) is 4. The van der Waals surface area contributed by atoms with Crippen LogP contribution in [0.25, 0.3) is 0 Å². The second kappa shape index (κ2) is 6.35. The van der Waals surface area contributed by atoms with Gasteiger partial charge < -0.3 is 14.5 Å². The standard InChI is InChI=1S/C18H28N4O3/c1-12-14-11-21(17(24)25-18(2,3)4)9-6-10-22(14)19-15(12)16(23)20(5)13-7-8-13/h13H,6-11H2,1-5H3. The summed E-state index contributed by atoms with van der Waals surface area (Å²) < 4.78 is 7.38. The van der Waals surface area contributed by atoms with E-state index < -0.39 is 5.60 Å². The van der Waals surface area contributed by atoms with Crippen molar-refractivity contribution < 1.29 is 14.3 Å². The Morgan fingerprint density at radius 3 is 2.52 bits per heavy atom. The van der Waals surface area contributed by atoms with E-state index >= 15 is 0 Å². The molecule has 138 valence electrons. The van der Waals surface area contributed by atoms with Crippen molar-refractivity contribution in [3.8, 4) is 0 Å². The minimum atomic E-state index is -0.521. The molecule has 1 saturated carbocycles. The van der Waals surface area contributed by atoms with Crippen molar-refractivity contribution in [3.05, 3.63) is 17.0 Å². The number of hydrogen-bond donors (Lipinski definition) is 0. The van der Waals surface area contributed by atoms with E-state index in [-0.39, 0.29) is 12.0 Å². The molecule has 3 rings (SSSR count). The Kier molecular flexibility index (Phi) is 4.51.